The summed E-state index contributed by atoms with van der Waals surface area (Å²) in [5, 5.41) is 3.03. The van der Waals surface area contributed by atoms with Crippen LogP contribution >= 0.6 is 0 Å². The molecule has 1 aromatic rings. The third-order valence-corrected chi connectivity index (χ3v) is 2.54. The molecule has 1 heterocycles. The van der Waals surface area contributed by atoms with E-state index in [0.29, 0.717) is 12.5 Å². The van der Waals surface area contributed by atoms with E-state index < -0.39 is 0 Å². The van der Waals surface area contributed by atoms with Gasteiger partial charge in [-0.3, -0.25) is 9.79 Å². The largest absolute Gasteiger partial charge is 0.364 e. The number of hydrogen-bond acceptors (Lipinski definition) is 2. The second-order valence-electron chi connectivity index (χ2n) is 4.24. The molecule has 0 fully saturated rings. The maximum absolute atomic E-state index is 11.5. The SMILES string of the molecule is CN=C(NCC(=O)N(C)C)N(C)Cc1ccc[nH]1. The van der Waals surface area contributed by atoms with E-state index in [1.807, 2.05) is 30.3 Å². The molecule has 100 valence electrons. The van der Waals surface area contributed by atoms with E-state index in [-0.39, 0.29) is 12.5 Å². The maximum atomic E-state index is 11.5. The lowest BCUT2D eigenvalue weighted by atomic mass is 10.4. The van der Waals surface area contributed by atoms with Crippen molar-refractivity contribution in [3.63, 3.8) is 0 Å². The lowest BCUT2D eigenvalue weighted by Crippen LogP contribution is -2.43. The van der Waals surface area contributed by atoms with Crippen LogP contribution in [0.3, 0.4) is 0 Å². The van der Waals surface area contributed by atoms with Crippen molar-refractivity contribution in [2.45, 2.75) is 6.54 Å². The smallest absolute Gasteiger partial charge is 0.241 e. The number of guanidine groups is 1. The predicted octanol–water partition coefficient (Wildman–Crippen LogP) is 0.110. The van der Waals surface area contributed by atoms with Crippen molar-refractivity contribution in [1.82, 2.24) is 20.1 Å². The van der Waals surface area contributed by atoms with Crippen molar-refractivity contribution in [1.29, 1.82) is 0 Å². The maximum Gasteiger partial charge on any atom is 0.241 e. The molecule has 0 radical (unpaired) electrons. The molecule has 18 heavy (non-hydrogen) atoms. The normalized spacial score (nSPS) is 11.2. The Balaban J connectivity index is 2.48. The number of nitrogens with one attached hydrogen (secondary N) is 2. The number of rotatable bonds is 4. The highest BCUT2D eigenvalue weighted by Gasteiger charge is 2.09. The first-order valence-electron chi connectivity index (χ1n) is 5.78. The molecule has 0 atom stereocenters. The van der Waals surface area contributed by atoms with Gasteiger partial charge in [-0.1, -0.05) is 0 Å². The van der Waals surface area contributed by atoms with Crippen LogP contribution in [0.25, 0.3) is 0 Å². The lowest BCUT2D eigenvalue weighted by molar-refractivity contribution is -0.127. The molecule has 1 rings (SSSR count). The van der Waals surface area contributed by atoms with E-state index in [2.05, 4.69) is 15.3 Å². The second kappa shape index (κ2) is 6.68. The number of aliphatic imine (C=N–C) groups is 1. The van der Waals surface area contributed by atoms with Gasteiger partial charge in [-0.2, -0.15) is 0 Å². The number of nitrogens with zero attached hydrogens (tertiary/aromatic N) is 3. The van der Waals surface area contributed by atoms with Crippen LogP contribution in [0.2, 0.25) is 0 Å². The number of hydrogen-bond donors (Lipinski definition) is 2. The Morgan fingerprint density at radius 2 is 2.17 bits per heavy atom. The average molecular weight is 251 g/mol. The molecule has 0 saturated carbocycles. The van der Waals surface area contributed by atoms with Gasteiger partial charge in [0.05, 0.1) is 13.1 Å². The first-order chi connectivity index (χ1) is 8.54. The summed E-state index contributed by atoms with van der Waals surface area (Å²) in [6, 6.07) is 3.96. The quantitative estimate of drug-likeness (QED) is 0.590. The van der Waals surface area contributed by atoms with Crippen LogP contribution in [-0.4, -0.2) is 61.4 Å². The lowest BCUT2D eigenvalue weighted by Gasteiger charge is -2.22. The molecule has 6 heteroatoms. The first-order valence-corrected chi connectivity index (χ1v) is 5.78. The van der Waals surface area contributed by atoms with E-state index in [9.17, 15) is 4.79 Å². The van der Waals surface area contributed by atoms with Gasteiger partial charge < -0.3 is 20.1 Å². The molecular formula is C12H21N5O. The summed E-state index contributed by atoms with van der Waals surface area (Å²) in [5.74, 6) is 0.712. The van der Waals surface area contributed by atoms with Gasteiger partial charge in [0.1, 0.15) is 0 Å². The molecule has 0 aliphatic carbocycles. The van der Waals surface area contributed by atoms with E-state index in [4.69, 9.17) is 0 Å². The number of likely N-dealkylation sites (N-methyl/N-ethyl adjacent to an activating group) is 1. The van der Waals surface area contributed by atoms with Gasteiger partial charge in [-0.05, 0) is 12.1 Å². The summed E-state index contributed by atoms with van der Waals surface area (Å²) < 4.78 is 0. The molecule has 2 N–H and O–H groups in total. The van der Waals surface area contributed by atoms with Gasteiger partial charge in [0.25, 0.3) is 0 Å². The Labute approximate surface area is 108 Å². The van der Waals surface area contributed by atoms with Crippen LogP contribution in [0.5, 0.6) is 0 Å². The van der Waals surface area contributed by atoms with E-state index in [0.717, 1.165) is 5.69 Å². The van der Waals surface area contributed by atoms with E-state index in [1.54, 1.807) is 26.0 Å². The summed E-state index contributed by atoms with van der Waals surface area (Å²) in [6.07, 6.45) is 1.88. The standard InChI is InChI=1S/C12H21N5O/c1-13-12(15-8-11(18)16(2)3)17(4)9-10-6-5-7-14-10/h5-7,14H,8-9H2,1-4H3,(H,13,15). The monoisotopic (exact) mass is 251 g/mol. The Bertz CT molecular complexity index is 397. The zero-order chi connectivity index (χ0) is 13.5. The zero-order valence-electron chi connectivity index (χ0n) is 11.4. The molecule has 0 aromatic carbocycles. The van der Waals surface area contributed by atoms with Crippen molar-refractivity contribution in [2.75, 3.05) is 34.7 Å². The van der Waals surface area contributed by atoms with Crippen molar-refractivity contribution in [3.05, 3.63) is 24.0 Å². The Morgan fingerprint density at radius 1 is 1.44 bits per heavy atom. The number of carbonyl (C=O) groups is 1. The van der Waals surface area contributed by atoms with Gasteiger partial charge in [-0.25, -0.2) is 0 Å². The fourth-order valence-electron chi connectivity index (χ4n) is 1.49. The van der Waals surface area contributed by atoms with Gasteiger partial charge >= 0.3 is 0 Å². The highest BCUT2D eigenvalue weighted by atomic mass is 16.2. The summed E-state index contributed by atoms with van der Waals surface area (Å²) in [6.45, 7) is 0.956. The zero-order valence-corrected chi connectivity index (χ0v) is 11.4. The summed E-state index contributed by atoms with van der Waals surface area (Å²) >= 11 is 0. The Kier molecular flexibility index (Phi) is 5.23. The molecular weight excluding hydrogens is 230 g/mol. The number of aromatic amines is 1. The number of H-pyrrole nitrogens is 1. The van der Waals surface area contributed by atoms with Crippen LogP contribution in [0.15, 0.2) is 23.3 Å². The molecule has 1 amide bonds. The molecule has 0 unspecified atom stereocenters. The first kappa shape index (κ1) is 14.1. The van der Waals surface area contributed by atoms with Crippen molar-refractivity contribution in [3.8, 4) is 0 Å². The summed E-state index contributed by atoms with van der Waals surface area (Å²) in [4.78, 5) is 22.3. The minimum atomic E-state index is 0.0180. The van der Waals surface area contributed by atoms with Crippen molar-refractivity contribution < 1.29 is 4.79 Å². The fraction of sp³-hybridized carbons (Fsp3) is 0.500. The van der Waals surface area contributed by atoms with Gasteiger partial charge in [0.2, 0.25) is 5.91 Å². The number of aromatic nitrogens is 1. The molecule has 0 saturated heterocycles. The Hall–Kier alpha value is -1.98. The average Bonchev–Trinajstić information content (AvgIpc) is 2.82. The molecule has 0 spiro atoms. The third-order valence-electron chi connectivity index (χ3n) is 2.54. The van der Waals surface area contributed by atoms with E-state index >= 15 is 0 Å². The minimum Gasteiger partial charge on any atom is -0.364 e. The number of amides is 1. The van der Waals surface area contributed by atoms with Gasteiger partial charge in [0.15, 0.2) is 5.96 Å². The highest BCUT2D eigenvalue weighted by molar-refractivity contribution is 5.86. The molecule has 6 nitrogen and oxygen atoms in total. The van der Waals surface area contributed by atoms with Crippen LogP contribution in [0.4, 0.5) is 0 Å². The highest BCUT2D eigenvalue weighted by Crippen LogP contribution is 1.99. The Morgan fingerprint density at radius 3 is 2.67 bits per heavy atom. The molecule has 1 aromatic heterocycles. The molecule has 0 bridgehead atoms. The van der Waals surface area contributed by atoms with Crippen LogP contribution in [0, 0.1) is 0 Å². The van der Waals surface area contributed by atoms with Crippen molar-refractivity contribution in [2.24, 2.45) is 4.99 Å². The van der Waals surface area contributed by atoms with Crippen LogP contribution in [-0.2, 0) is 11.3 Å². The third kappa shape index (κ3) is 4.12. The molecule has 0 aliphatic rings. The fourth-order valence-corrected chi connectivity index (χ4v) is 1.49. The number of carbonyl (C=O) groups excluding carboxylic acids is 1. The van der Waals surface area contributed by atoms with Gasteiger partial charge in [0, 0.05) is 40.1 Å². The minimum absolute atomic E-state index is 0.0180. The summed E-state index contributed by atoms with van der Waals surface area (Å²) in [5.41, 5.74) is 1.10. The topological polar surface area (TPSA) is 63.7 Å². The van der Waals surface area contributed by atoms with Crippen molar-refractivity contribution >= 4 is 11.9 Å². The second-order valence-corrected chi connectivity index (χ2v) is 4.24. The molecule has 0 aliphatic heterocycles. The van der Waals surface area contributed by atoms with E-state index in [1.165, 1.54) is 0 Å². The van der Waals surface area contributed by atoms with Gasteiger partial charge in [-0.15, -0.1) is 0 Å². The predicted molar refractivity (Wildman–Crippen MR) is 72.3 cm³/mol. The summed E-state index contributed by atoms with van der Waals surface area (Å²) in [7, 11) is 7.09. The van der Waals surface area contributed by atoms with Crippen LogP contribution < -0.4 is 5.32 Å². The van der Waals surface area contributed by atoms with Crippen LogP contribution in [0.1, 0.15) is 5.69 Å².